The molecule has 1 aromatic carbocycles. The van der Waals surface area contributed by atoms with Crippen molar-refractivity contribution in [2.45, 2.75) is 57.4 Å². The molecular formula is C24H32ClN5O. The number of fused-ring (bicyclic) bond motifs is 1. The molecule has 1 amide bonds. The first-order valence-corrected chi connectivity index (χ1v) is 11.5. The summed E-state index contributed by atoms with van der Waals surface area (Å²) in [6.07, 6.45) is 4.44. The summed E-state index contributed by atoms with van der Waals surface area (Å²) >= 11 is 6.07. The fourth-order valence-corrected chi connectivity index (χ4v) is 4.93. The van der Waals surface area contributed by atoms with Crippen molar-refractivity contribution < 1.29 is 4.79 Å². The Balaban J connectivity index is 1.49. The molecule has 0 bridgehead atoms. The van der Waals surface area contributed by atoms with Crippen LogP contribution in [0.15, 0.2) is 30.6 Å². The highest BCUT2D eigenvalue weighted by Gasteiger charge is 2.33. The molecule has 2 atom stereocenters. The lowest BCUT2D eigenvalue weighted by Crippen LogP contribution is -2.51. The SMILES string of the molecule is CC1CCc2ncnc(N3CCN(C(=O)[C@H](CC(C)(C)N)c4ccc(Cl)cc4)CC3)c21. The molecule has 31 heavy (non-hydrogen) atoms. The van der Waals surface area contributed by atoms with Crippen LogP contribution in [0.1, 0.15) is 62.3 Å². The number of carbonyl (C=O) groups is 1. The molecule has 7 heteroatoms. The molecule has 6 nitrogen and oxygen atoms in total. The Labute approximate surface area is 189 Å². The third kappa shape index (κ3) is 4.85. The van der Waals surface area contributed by atoms with E-state index in [0.29, 0.717) is 30.5 Å². The van der Waals surface area contributed by atoms with Gasteiger partial charge in [-0.25, -0.2) is 9.97 Å². The zero-order chi connectivity index (χ0) is 22.2. The van der Waals surface area contributed by atoms with Crippen molar-refractivity contribution in [1.29, 1.82) is 0 Å². The average Bonchev–Trinajstić information content (AvgIpc) is 3.13. The van der Waals surface area contributed by atoms with Crippen molar-refractivity contribution in [3.63, 3.8) is 0 Å². The molecule has 2 aromatic rings. The van der Waals surface area contributed by atoms with Crippen LogP contribution in [0.2, 0.25) is 5.02 Å². The Hall–Kier alpha value is -2.18. The lowest BCUT2D eigenvalue weighted by Gasteiger charge is -2.38. The van der Waals surface area contributed by atoms with Crippen LogP contribution in [-0.4, -0.2) is 52.5 Å². The Morgan fingerprint density at radius 3 is 2.52 bits per heavy atom. The number of aromatic nitrogens is 2. The number of benzene rings is 1. The van der Waals surface area contributed by atoms with Crippen molar-refractivity contribution in [3.05, 3.63) is 52.4 Å². The average molecular weight is 442 g/mol. The molecule has 2 heterocycles. The Kier molecular flexibility index (Phi) is 6.22. The van der Waals surface area contributed by atoms with E-state index in [4.69, 9.17) is 17.3 Å². The standard InChI is InChI=1S/C24H32ClN5O/c1-16-4-9-20-21(16)22(28-15-27-20)29-10-12-30(13-11-29)23(31)19(14-24(2,3)26)17-5-7-18(25)8-6-17/h5-8,15-16,19H,4,9-14,26H2,1-3H3/t16?,19-/m1/s1. The van der Waals surface area contributed by atoms with E-state index in [1.54, 1.807) is 6.33 Å². The number of amides is 1. The van der Waals surface area contributed by atoms with Crippen molar-refractivity contribution >= 4 is 23.3 Å². The number of hydrogen-bond acceptors (Lipinski definition) is 5. The number of nitrogens with two attached hydrogens (primary N) is 1. The fourth-order valence-electron chi connectivity index (χ4n) is 4.80. The molecule has 4 rings (SSSR count). The minimum absolute atomic E-state index is 0.141. The monoisotopic (exact) mass is 441 g/mol. The molecule has 2 N–H and O–H groups in total. The zero-order valence-electron chi connectivity index (χ0n) is 18.6. The quantitative estimate of drug-likeness (QED) is 0.764. The maximum absolute atomic E-state index is 13.5. The van der Waals surface area contributed by atoms with E-state index < -0.39 is 5.54 Å². The van der Waals surface area contributed by atoms with E-state index >= 15 is 0 Å². The van der Waals surface area contributed by atoms with Gasteiger partial charge in [0.2, 0.25) is 5.91 Å². The number of hydrogen-bond donors (Lipinski definition) is 1. The smallest absolute Gasteiger partial charge is 0.230 e. The molecule has 1 saturated heterocycles. The van der Waals surface area contributed by atoms with Crippen molar-refractivity contribution in [2.24, 2.45) is 5.73 Å². The second-order valence-electron chi connectivity index (χ2n) is 9.61. The molecule has 0 saturated carbocycles. The van der Waals surface area contributed by atoms with Crippen LogP contribution in [0.25, 0.3) is 0 Å². The third-order valence-electron chi connectivity index (χ3n) is 6.44. The van der Waals surface area contributed by atoms with Crippen molar-refractivity contribution in [3.8, 4) is 0 Å². The molecule has 0 spiro atoms. The second-order valence-corrected chi connectivity index (χ2v) is 10.0. The highest BCUT2D eigenvalue weighted by Crippen LogP contribution is 2.37. The van der Waals surface area contributed by atoms with E-state index in [0.717, 1.165) is 37.3 Å². The normalized spacial score (nSPS) is 20.0. The summed E-state index contributed by atoms with van der Waals surface area (Å²) in [7, 11) is 0. The van der Waals surface area contributed by atoms with E-state index in [9.17, 15) is 4.79 Å². The van der Waals surface area contributed by atoms with Gasteiger partial charge in [0.05, 0.1) is 5.92 Å². The van der Waals surface area contributed by atoms with Gasteiger partial charge in [-0.05, 0) is 56.7 Å². The zero-order valence-corrected chi connectivity index (χ0v) is 19.4. The molecule has 1 fully saturated rings. The number of nitrogens with zero attached hydrogens (tertiary/aromatic N) is 4. The Bertz CT molecular complexity index is 932. The predicted octanol–water partition coefficient (Wildman–Crippen LogP) is 3.74. The summed E-state index contributed by atoms with van der Waals surface area (Å²) in [6.45, 7) is 9.12. The van der Waals surface area contributed by atoms with Gasteiger partial charge in [0.25, 0.3) is 0 Å². The molecule has 1 unspecified atom stereocenters. The Morgan fingerprint density at radius 1 is 1.19 bits per heavy atom. The van der Waals surface area contributed by atoms with Gasteiger partial charge in [0.1, 0.15) is 12.1 Å². The van der Waals surface area contributed by atoms with Crippen LogP contribution in [0.5, 0.6) is 0 Å². The molecule has 2 aliphatic rings. The van der Waals surface area contributed by atoms with Gasteiger partial charge in [-0.15, -0.1) is 0 Å². The molecular weight excluding hydrogens is 410 g/mol. The van der Waals surface area contributed by atoms with E-state index in [-0.39, 0.29) is 11.8 Å². The summed E-state index contributed by atoms with van der Waals surface area (Å²) in [6, 6.07) is 7.57. The summed E-state index contributed by atoms with van der Waals surface area (Å²) in [5.41, 5.74) is 9.32. The molecule has 166 valence electrons. The minimum atomic E-state index is -0.445. The van der Waals surface area contributed by atoms with Crippen LogP contribution in [-0.2, 0) is 11.2 Å². The van der Waals surface area contributed by atoms with E-state index in [1.807, 2.05) is 43.0 Å². The second kappa shape index (κ2) is 8.75. The molecule has 0 radical (unpaired) electrons. The summed E-state index contributed by atoms with van der Waals surface area (Å²) in [5, 5.41) is 0.669. The van der Waals surface area contributed by atoms with Gasteiger partial charge in [-0.1, -0.05) is 30.7 Å². The number of halogens is 1. The fraction of sp³-hybridized carbons (Fsp3) is 0.542. The first kappa shape index (κ1) is 22.0. The van der Waals surface area contributed by atoms with Gasteiger partial charge in [0, 0.05) is 48.0 Å². The maximum atomic E-state index is 13.5. The highest BCUT2D eigenvalue weighted by atomic mass is 35.5. The number of anilines is 1. The van der Waals surface area contributed by atoms with Crippen molar-refractivity contribution in [2.75, 3.05) is 31.1 Å². The van der Waals surface area contributed by atoms with Gasteiger partial charge in [-0.2, -0.15) is 0 Å². The van der Waals surface area contributed by atoms with Crippen LogP contribution < -0.4 is 10.6 Å². The number of piperazine rings is 1. The topological polar surface area (TPSA) is 75.4 Å². The van der Waals surface area contributed by atoms with Gasteiger partial charge < -0.3 is 15.5 Å². The van der Waals surface area contributed by atoms with Crippen LogP contribution >= 0.6 is 11.6 Å². The predicted molar refractivity (Wildman–Crippen MR) is 125 cm³/mol. The first-order valence-electron chi connectivity index (χ1n) is 11.1. The highest BCUT2D eigenvalue weighted by molar-refractivity contribution is 6.30. The van der Waals surface area contributed by atoms with Gasteiger partial charge in [0.15, 0.2) is 0 Å². The first-order chi connectivity index (χ1) is 14.7. The number of aryl methyl sites for hydroxylation is 1. The van der Waals surface area contributed by atoms with Gasteiger partial charge >= 0.3 is 0 Å². The largest absolute Gasteiger partial charge is 0.353 e. The van der Waals surface area contributed by atoms with E-state index in [1.165, 1.54) is 11.3 Å². The summed E-state index contributed by atoms with van der Waals surface area (Å²) in [4.78, 5) is 26.9. The molecule has 1 aliphatic carbocycles. The summed E-state index contributed by atoms with van der Waals surface area (Å²) in [5.74, 6) is 1.42. The van der Waals surface area contributed by atoms with Gasteiger partial charge in [-0.3, -0.25) is 4.79 Å². The minimum Gasteiger partial charge on any atom is -0.353 e. The number of carbonyl (C=O) groups excluding carboxylic acids is 1. The van der Waals surface area contributed by atoms with E-state index in [2.05, 4.69) is 21.8 Å². The van der Waals surface area contributed by atoms with Crippen molar-refractivity contribution in [1.82, 2.24) is 14.9 Å². The van der Waals surface area contributed by atoms with Crippen LogP contribution in [0.3, 0.4) is 0 Å². The van der Waals surface area contributed by atoms with Crippen LogP contribution in [0.4, 0.5) is 5.82 Å². The Morgan fingerprint density at radius 2 is 1.87 bits per heavy atom. The third-order valence-corrected chi connectivity index (χ3v) is 6.70. The molecule has 1 aliphatic heterocycles. The maximum Gasteiger partial charge on any atom is 0.230 e. The molecule has 1 aromatic heterocycles. The van der Waals surface area contributed by atoms with Crippen LogP contribution in [0, 0.1) is 0 Å². The lowest BCUT2D eigenvalue weighted by atomic mass is 9.85. The lowest BCUT2D eigenvalue weighted by molar-refractivity contribution is -0.133. The summed E-state index contributed by atoms with van der Waals surface area (Å²) < 4.78 is 0. The number of rotatable bonds is 5.